The van der Waals surface area contributed by atoms with Crippen molar-refractivity contribution in [2.75, 3.05) is 5.73 Å². The molecule has 0 aliphatic heterocycles. The van der Waals surface area contributed by atoms with E-state index in [1.54, 1.807) is 24.3 Å². The van der Waals surface area contributed by atoms with Gasteiger partial charge < -0.3 is 5.73 Å². The summed E-state index contributed by atoms with van der Waals surface area (Å²) in [5.41, 5.74) is 8.95. The third-order valence-corrected chi connectivity index (χ3v) is 5.95. The number of anilines is 1. The average molecular weight is 412 g/mol. The Morgan fingerprint density at radius 1 is 1.00 bits per heavy atom. The third kappa shape index (κ3) is 4.51. The highest BCUT2D eigenvalue weighted by Crippen LogP contribution is 2.30. The molecule has 5 heteroatoms. The number of carbonyl (C=O) groups is 2. The van der Waals surface area contributed by atoms with E-state index in [1.165, 1.54) is 11.3 Å². The van der Waals surface area contributed by atoms with Crippen molar-refractivity contribution in [3.63, 3.8) is 0 Å². The molecule has 0 atom stereocenters. The standard InChI is InChI=1S/C23H22ClNO2S/c1-14(2)21(26)16-10-7-15(8-11-16)9-12-17-13-19(23(25)28-17)22(27)18-5-3-4-6-20(18)24/h3-8,10-11,13-14H,9,12,25H2,1-2H3. The Bertz CT molecular complexity index is 1010. The molecule has 2 aromatic carbocycles. The second-order valence-corrected chi connectivity index (χ2v) is 8.59. The molecule has 0 aliphatic carbocycles. The molecule has 144 valence electrons. The number of hydrogen-bond acceptors (Lipinski definition) is 4. The van der Waals surface area contributed by atoms with Crippen LogP contribution in [0.3, 0.4) is 0 Å². The van der Waals surface area contributed by atoms with E-state index >= 15 is 0 Å². The van der Waals surface area contributed by atoms with Crippen LogP contribution in [-0.4, -0.2) is 11.6 Å². The van der Waals surface area contributed by atoms with Crippen LogP contribution in [0.2, 0.25) is 5.02 Å². The molecule has 0 fully saturated rings. The van der Waals surface area contributed by atoms with Crippen molar-refractivity contribution in [2.24, 2.45) is 5.92 Å². The van der Waals surface area contributed by atoms with Crippen molar-refractivity contribution < 1.29 is 9.59 Å². The summed E-state index contributed by atoms with van der Waals surface area (Å²) < 4.78 is 0. The van der Waals surface area contributed by atoms with Crippen LogP contribution in [0.5, 0.6) is 0 Å². The predicted molar refractivity (Wildman–Crippen MR) is 117 cm³/mol. The van der Waals surface area contributed by atoms with Gasteiger partial charge in [-0.2, -0.15) is 0 Å². The van der Waals surface area contributed by atoms with Gasteiger partial charge in [-0.15, -0.1) is 11.3 Å². The number of ketones is 2. The first-order valence-electron chi connectivity index (χ1n) is 9.17. The summed E-state index contributed by atoms with van der Waals surface area (Å²) in [5, 5.41) is 0.938. The topological polar surface area (TPSA) is 60.2 Å². The van der Waals surface area contributed by atoms with Crippen molar-refractivity contribution in [2.45, 2.75) is 26.7 Å². The average Bonchev–Trinajstić information content (AvgIpc) is 3.06. The van der Waals surface area contributed by atoms with Crippen LogP contribution in [0.1, 0.15) is 50.6 Å². The second kappa shape index (κ2) is 8.72. The number of carbonyl (C=O) groups excluding carboxylic acids is 2. The predicted octanol–water partition coefficient (Wildman–Crippen LogP) is 5.84. The summed E-state index contributed by atoms with van der Waals surface area (Å²) in [4.78, 5) is 25.8. The van der Waals surface area contributed by atoms with Crippen LogP contribution in [0.4, 0.5) is 5.00 Å². The number of Topliss-reactive ketones (excluding diaryl/α,β-unsaturated/α-hetero) is 1. The lowest BCUT2D eigenvalue weighted by Gasteiger charge is -2.05. The van der Waals surface area contributed by atoms with Crippen LogP contribution in [0.25, 0.3) is 0 Å². The number of nitrogens with two attached hydrogens (primary N) is 1. The Kier molecular flexibility index (Phi) is 6.32. The van der Waals surface area contributed by atoms with Gasteiger partial charge in [0.25, 0.3) is 0 Å². The lowest BCUT2D eigenvalue weighted by Crippen LogP contribution is -2.07. The Labute approximate surface area is 174 Å². The molecule has 3 nitrogen and oxygen atoms in total. The van der Waals surface area contributed by atoms with Gasteiger partial charge in [-0.25, -0.2) is 0 Å². The van der Waals surface area contributed by atoms with E-state index in [0.717, 1.165) is 28.8 Å². The molecule has 0 radical (unpaired) electrons. The number of thiophene rings is 1. The molecule has 28 heavy (non-hydrogen) atoms. The number of nitrogen functional groups attached to an aromatic ring is 1. The number of hydrogen-bond donors (Lipinski definition) is 1. The summed E-state index contributed by atoms with van der Waals surface area (Å²) >= 11 is 7.58. The van der Waals surface area contributed by atoms with E-state index in [4.69, 9.17) is 17.3 Å². The highest BCUT2D eigenvalue weighted by molar-refractivity contribution is 7.16. The second-order valence-electron chi connectivity index (χ2n) is 7.02. The highest BCUT2D eigenvalue weighted by Gasteiger charge is 2.18. The molecular weight excluding hydrogens is 390 g/mol. The Morgan fingerprint density at radius 3 is 2.32 bits per heavy atom. The van der Waals surface area contributed by atoms with Crippen molar-refractivity contribution >= 4 is 39.5 Å². The van der Waals surface area contributed by atoms with Crippen molar-refractivity contribution in [3.8, 4) is 0 Å². The largest absolute Gasteiger partial charge is 0.390 e. The fourth-order valence-corrected chi connectivity index (χ4v) is 4.13. The molecule has 0 bridgehead atoms. The number of rotatable bonds is 7. The van der Waals surface area contributed by atoms with E-state index in [0.29, 0.717) is 21.2 Å². The summed E-state index contributed by atoms with van der Waals surface area (Å²) in [6, 6.07) is 16.6. The first-order valence-corrected chi connectivity index (χ1v) is 10.4. The summed E-state index contributed by atoms with van der Waals surface area (Å²) in [6.07, 6.45) is 1.60. The van der Waals surface area contributed by atoms with E-state index in [9.17, 15) is 9.59 Å². The first kappa shape index (κ1) is 20.3. The van der Waals surface area contributed by atoms with Gasteiger partial charge >= 0.3 is 0 Å². The monoisotopic (exact) mass is 411 g/mol. The van der Waals surface area contributed by atoms with E-state index in [-0.39, 0.29) is 17.5 Å². The summed E-state index contributed by atoms with van der Waals surface area (Å²) in [7, 11) is 0. The Morgan fingerprint density at radius 2 is 1.68 bits per heavy atom. The first-order chi connectivity index (χ1) is 13.4. The molecular formula is C23H22ClNO2S. The maximum atomic E-state index is 12.7. The van der Waals surface area contributed by atoms with Crippen LogP contribution >= 0.6 is 22.9 Å². The SMILES string of the molecule is CC(C)C(=O)c1ccc(CCc2cc(C(=O)c3ccccc3Cl)c(N)s2)cc1. The molecule has 0 spiro atoms. The Hall–Kier alpha value is -2.43. The van der Waals surface area contributed by atoms with Crippen molar-refractivity contribution in [1.82, 2.24) is 0 Å². The summed E-state index contributed by atoms with van der Waals surface area (Å²) in [5.74, 6) is -0.00326. The van der Waals surface area contributed by atoms with Crippen LogP contribution in [0, 0.1) is 5.92 Å². The summed E-state index contributed by atoms with van der Waals surface area (Å²) in [6.45, 7) is 3.80. The Balaban J connectivity index is 1.70. The molecule has 0 saturated carbocycles. The van der Waals surface area contributed by atoms with Gasteiger partial charge in [0.05, 0.1) is 15.6 Å². The lowest BCUT2D eigenvalue weighted by molar-refractivity contribution is 0.0939. The molecule has 1 aromatic heterocycles. The zero-order valence-electron chi connectivity index (χ0n) is 15.9. The zero-order valence-corrected chi connectivity index (χ0v) is 17.4. The molecule has 0 saturated heterocycles. The van der Waals surface area contributed by atoms with Crippen LogP contribution < -0.4 is 5.73 Å². The quantitative estimate of drug-likeness (QED) is 0.497. The minimum atomic E-state index is -0.151. The molecule has 1 heterocycles. The van der Waals surface area contributed by atoms with Gasteiger partial charge in [0.2, 0.25) is 0 Å². The minimum Gasteiger partial charge on any atom is -0.390 e. The molecule has 2 N–H and O–H groups in total. The van der Waals surface area contributed by atoms with E-state index in [1.807, 2.05) is 44.2 Å². The van der Waals surface area contributed by atoms with E-state index in [2.05, 4.69) is 0 Å². The highest BCUT2D eigenvalue weighted by atomic mass is 35.5. The number of benzene rings is 2. The lowest BCUT2D eigenvalue weighted by atomic mass is 9.99. The van der Waals surface area contributed by atoms with Gasteiger partial charge in [0.1, 0.15) is 0 Å². The van der Waals surface area contributed by atoms with Gasteiger partial charge in [-0.3, -0.25) is 9.59 Å². The van der Waals surface area contributed by atoms with Crippen molar-refractivity contribution in [3.05, 3.63) is 86.8 Å². The number of aryl methyl sites for hydroxylation is 2. The zero-order chi connectivity index (χ0) is 20.3. The molecule has 0 aliphatic rings. The maximum Gasteiger partial charge on any atom is 0.197 e. The molecule has 3 aromatic rings. The van der Waals surface area contributed by atoms with Gasteiger partial charge in [0, 0.05) is 21.9 Å². The molecule has 0 unspecified atom stereocenters. The van der Waals surface area contributed by atoms with Crippen LogP contribution in [-0.2, 0) is 12.8 Å². The fourth-order valence-electron chi connectivity index (χ4n) is 2.99. The third-order valence-electron chi connectivity index (χ3n) is 4.60. The maximum absolute atomic E-state index is 12.7. The van der Waals surface area contributed by atoms with Gasteiger partial charge in [-0.1, -0.05) is 61.8 Å². The smallest absolute Gasteiger partial charge is 0.197 e. The van der Waals surface area contributed by atoms with Gasteiger partial charge in [0.15, 0.2) is 11.6 Å². The molecule has 3 rings (SSSR count). The molecule has 0 amide bonds. The van der Waals surface area contributed by atoms with E-state index < -0.39 is 0 Å². The van der Waals surface area contributed by atoms with Crippen molar-refractivity contribution in [1.29, 1.82) is 0 Å². The minimum absolute atomic E-state index is 0.00554. The fraction of sp³-hybridized carbons (Fsp3) is 0.217. The van der Waals surface area contributed by atoms with Gasteiger partial charge in [-0.05, 0) is 36.6 Å². The number of halogens is 1. The normalized spacial score (nSPS) is 11.0. The van der Waals surface area contributed by atoms with Crippen LogP contribution in [0.15, 0.2) is 54.6 Å².